The molecule has 1 saturated heterocycles. The molecule has 4 heteroatoms. The Hall–Kier alpha value is -0.450. The van der Waals surface area contributed by atoms with Gasteiger partial charge >= 0.3 is 0 Å². The van der Waals surface area contributed by atoms with Gasteiger partial charge in [0.1, 0.15) is 5.01 Å². The Bertz CT molecular complexity index is 311. The molecule has 1 fully saturated rings. The fourth-order valence-corrected chi connectivity index (χ4v) is 2.93. The molecule has 1 unspecified atom stereocenters. The Balaban J connectivity index is 1.82. The zero-order chi connectivity index (χ0) is 10.7. The van der Waals surface area contributed by atoms with Crippen molar-refractivity contribution >= 4 is 11.3 Å². The number of nitrogens with zero attached hydrogens (tertiary/aromatic N) is 2. The zero-order valence-electron chi connectivity index (χ0n) is 9.49. The van der Waals surface area contributed by atoms with Crippen molar-refractivity contribution in [2.75, 3.05) is 19.6 Å². The van der Waals surface area contributed by atoms with Crippen LogP contribution in [-0.2, 0) is 6.54 Å². The van der Waals surface area contributed by atoms with Gasteiger partial charge in [0.25, 0.3) is 0 Å². The summed E-state index contributed by atoms with van der Waals surface area (Å²) in [6.07, 6.45) is 3.25. The lowest BCUT2D eigenvalue weighted by Gasteiger charge is -2.14. The number of hydrogen-bond donors (Lipinski definition) is 1. The Morgan fingerprint density at radius 2 is 2.53 bits per heavy atom. The highest BCUT2D eigenvalue weighted by atomic mass is 32.1. The molecule has 15 heavy (non-hydrogen) atoms. The molecule has 0 radical (unpaired) electrons. The van der Waals surface area contributed by atoms with E-state index in [0.717, 1.165) is 13.1 Å². The lowest BCUT2D eigenvalue weighted by atomic mass is 10.3. The van der Waals surface area contributed by atoms with Gasteiger partial charge in [0.2, 0.25) is 0 Å². The molecule has 1 aliphatic rings. The second-order valence-electron chi connectivity index (χ2n) is 4.14. The SMILES string of the molecule is CCNC1CCN(Cc2ncc(C)s2)C1. The third kappa shape index (κ3) is 3.00. The first-order valence-electron chi connectivity index (χ1n) is 5.65. The molecule has 1 N–H and O–H groups in total. The summed E-state index contributed by atoms with van der Waals surface area (Å²) in [5.41, 5.74) is 0. The van der Waals surface area contributed by atoms with Gasteiger partial charge in [0.05, 0.1) is 6.54 Å². The molecular weight excluding hydrogens is 206 g/mol. The van der Waals surface area contributed by atoms with Gasteiger partial charge in [-0.25, -0.2) is 4.98 Å². The molecule has 1 atom stereocenters. The minimum atomic E-state index is 0.691. The summed E-state index contributed by atoms with van der Waals surface area (Å²) in [5.74, 6) is 0. The Kier molecular flexibility index (Phi) is 3.72. The van der Waals surface area contributed by atoms with E-state index in [1.807, 2.05) is 17.5 Å². The van der Waals surface area contributed by atoms with Crippen LogP contribution in [0.15, 0.2) is 6.20 Å². The van der Waals surface area contributed by atoms with Gasteiger partial charge < -0.3 is 5.32 Å². The lowest BCUT2D eigenvalue weighted by molar-refractivity contribution is 0.320. The Labute approximate surface area is 95.5 Å². The van der Waals surface area contributed by atoms with E-state index in [9.17, 15) is 0 Å². The minimum Gasteiger partial charge on any atom is -0.313 e. The molecule has 1 aromatic heterocycles. The van der Waals surface area contributed by atoms with Gasteiger partial charge in [-0.3, -0.25) is 4.90 Å². The normalized spacial score (nSPS) is 22.4. The van der Waals surface area contributed by atoms with E-state index in [0.29, 0.717) is 6.04 Å². The van der Waals surface area contributed by atoms with Crippen LogP contribution in [0.4, 0.5) is 0 Å². The number of nitrogens with one attached hydrogen (secondary N) is 1. The molecule has 0 aromatic carbocycles. The van der Waals surface area contributed by atoms with Crippen LogP contribution >= 0.6 is 11.3 Å². The summed E-state index contributed by atoms with van der Waals surface area (Å²) in [5, 5.41) is 4.76. The number of likely N-dealkylation sites (tertiary alicyclic amines) is 1. The molecule has 0 aliphatic carbocycles. The Morgan fingerprint density at radius 3 is 3.20 bits per heavy atom. The molecular formula is C11H19N3S. The number of thiazole rings is 1. The van der Waals surface area contributed by atoms with Crippen LogP contribution in [0, 0.1) is 6.92 Å². The first-order chi connectivity index (χ1) is 7.28. The maximum absolute atomic E-state index is 4.41. The van der Waals surface area contributed by atoms with Crippen molar-refractivity contribution in [2.24, 2.45) is 0 Å². The third-order valence-electron chi connectivity index (χ3n) is 2.79. The molecule has 0 amide bonds. The highest BCUT2D eigenvalue weighted by Gasteiger charge is 2.21. The quantitative estimate of drug-likeness (QED) is 0.844. The fraction of sp³-hybridized carbons (Fsp3) is 0.727. The van der Waals surface area contributed by atoms with Gasteiger partial charge in [0, 0.05) is 30.2 Å². The van der Waals surface area contributed by atoms with Crippen LogP contribution < -0.4 is 5.32 Å². The summed E-state index contributed by atoms with van der Waals surface area (Å²) in [6, 6.07) is 0.691. The van der Waals surface area contributed by atoms with Gasteiger partial charge in [-0.1, -0.05) is 6.92 Å². The summed E-state index contributed by atoms with van der Waals surface area (Å²) in [7, 11) is 0. The monoisotopic (exact) mass is 225 g/mol. The van der Waals surface area contributed by atoms with E-state index in [4.69, 9.17) is 0 Å². The highest BCUT2D eigenvalue weighted by molar-refractivity contribution is 7.11. The molecule has 0 saturated carbocycles. The van der Waals surface area contributed by atoms with E-state index in [-0.39, 0.29) is 0 Å². The van der Waals surface area contributed by atoms with Crippen molar-refractivity contribution in [3.8, 4) is 0 Å². The highest BCUT2D eigenvalue weighted by Crippen LogP contribution is 2.17. The molecule has 84 valence electrons. The Morgan fingerprint density at radius 1 is 1.67 bits per heavy atom. The van der Waals surface area contributed by atoms with Crippen LogP contribution in [-0.4, -0.2) is 35.6 Å². The smallest absolute Gasteiger partial charge is 0.107 e. The van der Waals surface area contributed by atoms with Crippen LogP contribution in [0.3, 0.4) is 0 Å². The summed E-state index contributed by atoms with van der Waals surface area (Å²) in [4.78, 5) is 8.21. The standard InChI is InChI=1S/C11H19N3S/c1-3-12-10-4-5-14(7-10)8-11-13-6-9(2)15-11/h6,10,12H,3-5,7-8H2,1-2H3. The average molecular weight is 225 g/mol. The van der Waals surface area contributed by atoms with Crippen molar-refractivity contribution in [2.45, 2.75) is 32.9 Å². The average Bonchev–Trinajstić information content (AvgIpc) is 2.78. The predicted molar refractivity (Wildman–Crippen MR) is 64.2 cm³/mol. The predicted octanol–water partition coefficient (Wildman–Crippen LogP) is 1.64. The summed E-state index contributed by atoms with van der Waals surface area (Å²) < 4.78 is 0. The van der Waals surface area contributed by atoms with E-state index in [1.54, 1.807) is 0 Å². The van der Waals surface area contributed by atoms with Gasteiger partial charge in [0.15, 0.2) is 0 Å². The summed E-state index contributed by atoms with van der Waals surface area (Å²) in [6.45, 7) is 8.78. The van der Waals surface area contributed by atoms with Gasteiger partial charge in [-0.2, -0.15) is 0 Å². The number of aryl methyl sites for hydroxylation is 1. The number of likely N-dealkylation sites (N-methyl/N-ethyl adjacent to an activating group) is 1. The second kappa shape index (κ2) is 5.05. The number of hydrogen-bond acceptors (Lipinski definition) is 4. The van der Waals surface area contributed by atoms with Crippen LogP contribution in [0.2, 0.25) is 0 Å². The molecule has 3 nitrogen and oxygen atoms in total. The van der Waals surface area contributed by atoms with Crippen molar-refractivity contribution in [3.63, 3.8) is 0 Å². The van der Waals surface area contributed by atoms with E-state index in [2.05, 4.69) is 29.0 Å². The summed E-state index contributed by atoms with van der Waals surface area (Å²) >= 11 is 1.82. The van der Waals surface area contributed by atoms with E-state index < -0.39 is 0 Å². The van der Waals surface area contributed by atoms with Gasteiger partial charge in [-0.05, 0) is 19.9 Å². The molecule has 0 spiro atoms. The van der Waals surface area contributed by atoms with Crippen LogP contribution in [0.1, 0.15) is 23.2 Å². The molecule has 1 aromatic rings. The van der Waals surface area contributed by atoms with Crippen LogP contribution in [0.25, 0.3) is 0 Å². The first-order valence-corrected chi connectivity index (χ1v) is 6.46. The third-order valence-corrected chi connectivity index (χ3v) is 3.69. The number of rotatable bonds is 4. The second-order valence-corrected chi connectivity index (χ2v) is 5.46. The van der Waals surface area contributed by atoms with E-state index in [1.165, 1.54) is 29.4 Å². The van der Waals surface area contributed by atoms with Crippen molar-refractivity contribution in [1.82, 2.24) is 15.2 Å². The van der Waals surface area contributed by atoms with E-state index >= 15 is 0 Å². The first kappa shape index (κ1) is 11.0. The zero-order valence-corrected chi connectivity index (χ0v) is 10.3. The molecule has 0 bridgehead atoms. The maximum Gasteiger partial charge on any atom is 0.107 e. The molecule has 1 aliphatic heterocycles. The van der Waals surface area contributed by atoms with Gasteiger partial charge in [-0.15, -0.1) is 11.3 Å². The fourth-order valence-electron chi connectivity index (χ4n) is 2.10. The largest absolute Gasteiger partial charge is 0.313 e. The minimum absolute atomic E-state index is 0.691. The maximum atomic E-state index is 4.41. The number of aromatic nitrogens is 1. The van der Waals surface area contributed by atoms with Crippen molar-refractivity contribution < 1.29 is 0 Å². The molecule has 2 heterocycles. The topological polar surface area (TPSA) is 28.2 Å². The van der Waals surface area contributed by atoms with Crippen molar-refractivity contribution in [1.29, 1.82) is 0 Å². The van der Waals surface area contributed by atoms with Crippen LogP contribution in [0.5, 0.6) is 0 Å². The van der Waals surface area contributed by atoms with Crippen molar-refractivity contribution in [3.05, 3.63) is 16.1 Å². The molecule has 2 rings (SSSR count). The lowest BCUT2D eigenvalue weighted by Crippen LogP contribution is -2.32.